The van der Waals surface area contributed by atoms with Crippen molar-refractivity contribution in [3.8, 4) is 6.07 Å². The van der Waals surface area contributed by atoms with Gasteiger partial charge in [0, 0.05) is 13.0 Å². The maximum absolute atomic E-state index is 11.6. The van der Waals surface area contributed by atoms with Crippen molar-refractivity contribution < 1.29 is 9.59 Å². The number of hydrogen-bond donors (Lipinski definition) is 1. The highest BCUT2D eigenvalue weighted by Gasteiger charge is 2.27. The van der Waals surface area contributed by atoms with Crippen molar-refractivity contribution in [2.75, 3.05) is 11.4 Å². The van der Waals surface area contributed by atoms with E-state index in [9.17, 15) is 9.59 Å². The predicted molar refractivity (Wildman–Crippen MR) is 56.7 cm³/mol. The maximum Gasteiger partial charge on any atom is 0.328 e. The molecule has 0 radical (unpaired) electrons. The van der Waals surface area contributed by atoms with E-state index in [1.54, 1.807) is 18.2 Å². The van der Waals surface area contributed by atoms with Crippen LogP contribution in [0.15, 0.2) is 24.3 Å². The summed E-state index contributed by atoms with van der Waals surface area (Å²) >= 11 is 0. The van der Waals surface area contributed by atoms with E-state index in [0.717, 1.165) is 4.90 Å². The van der Waals surface area contributed by atoms with E-state index in [1.807, 2.05) is 6.07 Å². The predicted octanol–water partition coefficient (Wildman–Crippen LogP) is 1.00. The number of imide groups is 1. The lowest BCUT2D eigenvalue weighted by Gasteiger charge is -2.25. The molecule has 0 bridgehead atoms. The summed E-state index contributed by atoms with van der Waals surface area (Å²) in [5, 5.41) is 11.3. The molecule has 1 N–H and O–H groups in total. The lowest BCUT2D eigenvalue weighted by molar-refractivity contribution is -0.118. The van der Waals surface area contributed by atoms with Gasteiger partial charge in [-0.15, -0.1) is 0 Å². The van der Waals surface area contributed by atoms with Crippen LogP contribution in [0.25, 0.3) is 0 Å². The van der Waals surface area contributed by atoms with Crippen molar-refractivity contribution in [1.29, 1.82) is 5.26 Å². The molecule has 0 spiro atoms. The number of carbonyl (C=O) groups is 2. The van der Waals surface area contributed by atoms with Crippen molar-refractivity contribution >= 4 is 17.6 Å². The third-order valence-corrected chi connectivity index (χ3v) is 2.30. The first-order valence-corrected chi connectivity index (χ1v) is 4.83. The highest BCUT2D eigenvalue weighted by Crippen LogP contribution is 2.18. The van der Waals surface area contributed by atoms with E-state index in [2.05, 4.69) is 5.32 Å². The minimum atomic E-state index is -0.439. The van der Waals surface area contributed by atoms with Crippen LogP contribution >= 0.6 is 0 Å². The summed E-state index contributed by atoms with van der Waals surface area (Å²) < 4.78 is 0. The Hall–Kier alpha value is -2.35. The Labute approximate surface area is 92.3 Å². The molecule has 1 aromatic carbocycles. The van der Waals surface area contributed by atoms with Crippen LogP contribution in [0.4, 0.5) is 10.5 Å². The molecule has 1 aliphatic rings. The van der Waals surface area contributed by atoms with Gasteiger partial charge in [0.15, 0.2) is 0 Å². The summed E-state index contributed by atoms with van der Waals surface area (Å²) in [5.41, 5.74) is 0.852. The van der Waals surface area contributed by atoms with Gasteiger partial charge in [-0.25, -0.2) is 9.69 Å². The number of benzene rings is 1. The second-order valence-electron chi connectivity index (χ2n) is 3.37. The molecule has 5 nitrogen and oxygen atoms in total. The number of carbonyl (C=O) groups excluding carboxylic acids is 2. The number of anilines is 1. The van der Waals surface area contributed by atoms with E-state index in [1.165, 1.54) is 6.07 Å². The fourth-order valence-corrected chi connectivity index (χ4v) is 1.56. The van der Waals surface area contributed by atoms with Crippen LogP contribution in [0, 0.1) is 11.3 Å². The molecule has 1 saturated heterocycles. The number of nitrogens with zero attached hydrogens (tertiary/aromatic N) is 2. The molecule has 5 heteroatoms. The summed E-state index contributed by atoms with van der Waals surface area (Å²) in [6, 6.07) is 7.94. The van der Waals surface area contributed by atoms with Crippen LogP contribution in [0.5, 0.6) is 0 Å². The number of urea groups is 1. The summed E-state index contributed by atoms with van der Waals surface area (Å²) in [4.78, 5) is 24.2. The smallest absolute Gasteiger partial charge is 0.328 e. The monoisotopic (exact) mass is 215 g/mol. The number of rotatable bonds is 1. The Kier molecular flexibility index (Phi) is 2.56. The van der Waals surface area contributed by atoms with Crippen molar-refractivity contribution in [3.63, 3.8) is 0 Å². The lowest BCUT2D eigenvalue weighted by atomic mass is 10.2. The topological polar surface area (TPSA) is 73.2 Å². The first-order valence-electron chi connectivity index (χ1n) is 4.83. The van der Waals surface area contributed by atoms with E-state index >= 15 is 0 Å². The molecule has 0 unspecified atom stereocenters. The van der Waals surface area contributed by atoms with Crippen LogP contribution < -0.4 is 10.2 Å². The molecule has 1 heterocycles. The van der Waals surface area contributed by atoms with Gasteiger partial charge in [0.05, 0.1) is 17.3 Å². The van der Waals surface area contributed by atoms with E-state index in [4.69, 9.17) is 5.26 Å². The number of amides is 3. The normalized spacial score (nSPS) is 15.6. The zero-order valence-corrected chi connectivity index (χ0v) is 8.43. The van der Waals surface area contributed by atoms with Crippen molar-refractivity contribution in [2.24, 2.45) is 0 Å². The summed E-state index contributed by atoms with van der Waals surface area (Å²) in [7, 11) is 0. The third kappa shape index (κ3) is 1.73. The van der Waals surface area contributed by atoms with Crippen LogP contribution in [-0.4, -0.2) is 18.5 Å². The third-order valence-electron chi connectivity index (χ3n) is 2.30. The first-order chi connectivity index (χ1) is 7.72. The van der Waals surface area contributed by atoms with Gasteiger partial charge in [-0.3, -0.25) is 4.79 Å². The van der Waals surface area contributed by atoms with Gasteiger partial charge in [-0.1, -0.05) is 6.07 Å². The molecule has 2 rings (SSSR count). The maximum atomic E-state index is 11.6. The molecule has 1 aromatic rings. The highest BCUT2D eigenvalue weighted by molar-refractivity contribution is 6.15. The van der Waals surface area contributed by atoms with Crippen molar-refractivity contribution in [1.82, 2.24) is 5.32 Å². The molecule has 0 aliphatic carbocycles. The molecule has 3 amide bonds. The van der Waals surface area contributed by atoms with Gasteiger partial charge in [-0.05, 0) is 18.2 Å². The largest absolute Gasteiger partial charge is 0.337 e. The summed E-state index contributed by atoms with van der Waals surface area (Å²) in [6.45, 7) is 0.367. The average Bonchev–Trinajstić information content (AvgIpc) is 2.29. The average molecular weight is 215 g/mol. The Morgan fingerprint density at radius 2 is 2.19 bits per heavy atom. The highest BCUT2D eigenvalue weighted by atomic mass is 16.2. The van der Waals surface area contributed by atoms with Gasteiger partial charge < -0.3 is 5.32 Å². The molecular weight excluding hydrogens is 206 g/mol. The second kappa shape index (κ2) is 4.03. The zero-order chi connectivity index (χ0) is 11.5. The van der Waals surface area contributed by atoms with E-state index < -0.39 is 6.03 Å². The molecule has 80 valence electrons. The summed E-state index contributed by atoms with van der Waals surface area (Å²) in [5.74, 6) is -0.251. The van der Waals surface area contributed by atoms with Crippen LogP contribution in [0.3, 0.4) is 0 Å². The molecule has 1 fully saturated rings. The van der Waals surface area contributed by atoms with Crippen LogP contribution in [-0.2, 0) is 4.79 Å². The molecular formula is C11H9N3O2. The second-order valence-corrected chi connectivity index (χ2v) is 3.37. The molecule has 0 aromatic heterocycles. The van der Waals surface area contributed by atoms with Crippen LogP contribution in [0.1, 0.15) is 12.0 Å². The van der Waals surface area contributed by atoms with Gasteiger partial charge in [0.2, 0.25) is 5.91 Å². The van der Waals surface area contributed by atoms with Crippen LogP contribution in [0.2, 0.25) is 0 Å². The first kappa shape index (κ1) is 10.2. The Morgan fingerprint density at radius 3 is 2.88 bits per heavy atom. The molecule has 16 heavy (non-hydrogen) atoms. The van der Waals surface area contributed by atoms with Gasteiger partial charge in [-0.2, -0.15) is 5.26 Å². The van der Waals surface area contributed by atoms with Gasteiger partial charge >= 0.3 is 6.03 Å². The fraction of sp³-hybridized carbons (Fsp3) is 0.182. The Bertz CT molecular complexity index is 474. The SMILES string of the molecule is N#Cc1cccc(N2C(=O)CCNC2=O)c1. The number of hydrogen-bond acceptors (Lipinski definition) is 3. The summed E-state index contributed by atoms with van der Waals surface area (Å²) in [6.07, 6.45) is 0.280. The fourth-order valence-electron chi connectivity index (χ4n) is 1.56. The minimum Gasteiger partial charge on any atom is -0.337 e. The van der Waals surface area contributed by atoms with Gasteiger partial charge in [0.25, 0.3) is 0 Å². The lowest BCUT2D eigenvalue weighted by Crippen LogP contribution is -2.50. The molecule has 0 atom stereocenters. The van der Waals surface area contributed by atoms with Crippen molar-refractivity contribution in [2.45, 2.75) is 6.42 Å². The molecule has 1 aliphatic heterocycles. The van der Waals surface area contributed by atoms with E-state index in [-0.39, 0.29) is 12.3 Å². The number of nitrogens with one attached hydrogen (secondary N) is 1. The minimum absolute atomic E-state index is 0.251. The zero-order valence-electron chi connectivity index (χ0n) is 8.43. The van der Waals surface area contributed by atoms with E-state index in [0.29, 0.717) is 17.8 Å². The van der Waals surface area contributed by atoms with Crippen molar-refractivity contribution in [3.05, 3.63) is 29.8 Å². The standard InChI is InChI=1S/C11H9N3O2/c12-7-8-2-1-3-9(6-8)14-10(15)4-5-13-11(14)16/h1-3,6H,4-5H2,(H,13,16). The number of nitriles is 1. The quantitative estimate of drug-likeness (QED) is 0.759. The Morgan fingerprint density at radius 1 is 1.38 bits per heavy atom. The van der Waals surface area contributed by atoms with Gasteiger partial charge in [0.1, 0.15) is 0 Å². The molecule has 0 saturated carbocycles. The Balaban J connectivity index is 2.38.